The van der Waals surface area contributed by atoms with Crippen molar-refractivity contribution in [3.05, 3.63) is 62.7 Å². The summed E-state index contributed by atoms with van der Waals surface area (Å²) in [6.45, 7) is 1.77. The lowest BCUT2D eigenvalue weighted by Crippen LogP contribution is -2.15. The number of hydrogen-bond acceptors (Lipinski definition) is 4. The normalized spacial score (nSPS) is 10.3. The number of amides is 1. The Morgan fingerprint density at radius 1 is 1.32 bits per heavy atom. The molecule has 1 N–H and O–H groups in total. The van der Waals surface area contributed by atoms with Gasteiger partial charge in [-0.1, -0.05) is 17.7 Å². The first-order chi connectivity index (χ1) is 10.4. The van der Waals surface area contributed by atoms with Gasteiger partial charge in [-0.05, 0) is 43.0 Å². The molecule has 0 spiro atoms. The number of hydrogen-bond donors (Lipinski definition) is 1. The van der Waals surface area contributed by atoms with Gasteiger partial charge in [0.1, 0.15) is 5.56 Å². The van der Waals surface area contributed by atoms with Gasteiger partial charge in [-0.3, -0.25) is 14.9 Å². The van der Waals surface area contributed by atoms with Crippen molar-refractivity contribution in [2.45, 2.75) is 11.8 Å². The Labute approximate surface area is 136 Å². The third-order valence-electron chi connectivity index (χ3n) is 3.16. The molecule has 0 saturated carbocycles. The van der Waals surface area contributed by atoms with Gasteiger partial charge >= 0.3 is 0 Å². The lowest BCUT2D eigenvalue weighted by molar-refractivity contribution is -0.385. The molecule has 0 fully saturated rings. The highest BCUT2D eigenvalue weighted by Gasteiger charge is 2.21. The zero-order valence-corrected chi connectivity index (χ0v) is 13.5. The van der Waals surface area contributed by atoms with Crippen LogP contribution in [0.15, 0.2) is 41.3 Å². The predicted molar refractivity (Wildman–Crippen MR) is 89.0 cm³/mol. The maximum Gasteiger partial charge on any atom is 0.282 e. The van der Waals surface area contributed by atoms with Crippen LogP contribution < -0.4 is 5.32 Å². The molecule has 0 aliphatic rings. The molecule has 0 atom stereocenters. The van der Waals surface area contributed by atoms with Crippen LogP contribution in [0.25, 0.3) is 0 Å². The summed E-state index contributed by atoms with van der Waals surface area (Å²) in [6, 6.07) is 9.58. The Kier molecular flexibility index (Phi) is 5.05. The molecule has 0 bridgehead atoms. The Bertz CT molecular complexity index is 750. The second-order valence-corrected chi connectivity index (χ2v) is 5.79. The summed E-state index contributed by atoms with van der Waals surface area (Å²) in [7, 11) is 0. The monoisotopic (exact) mass is 336 g/mol. The zero-order valence-electron chi connectivity index (χ0n) is 11.9. The first kappa shape index (κ1) is 16.3. The van der Waals surface area contributed by atoms with Gasteiger partial charge in [0, 0.05) is 21.7 Å². The zero-order chi connectivity index (χ0) is 16.3. The van der Waals surface area contributed by atoms with Crippen molar-refractivity contribution >= 4 is 40.6 Å². The third-order valence-corrected chi connectivity index (χ3v) is 4.30. The number of anilines is 1. The molecule has 5 nitrogen and oxygen atoms in total. The number of carbonyl (C=O) groups is 1. The molecule has 2 aromatic rings. The molecule has 1 amide bonds. The quantitative estimate of drug-likeness (QED) is 0.505. The van der Waals surface area contributed by atoms with Crippen LogP contribution in [0.5, 0.6) is 0 Å². The Morgan fingerprint density at radius 3 is 2.68 bits per heavy atom. The topological polar surface area (TPSA) is 72.2 Å². The van der Waals surface area contributed by atoms with Crippen LogP contribution in [-0.4, -0.2) is 17.1 Å². The number of nitro groups is 1. The standard InChI is InChI=1S/C15H13ClN2O3S/c1-9-12(16)4-3-5-13(9)17-15(19)11-8-10(22-2)6-7-14(11)18(20)21/h3-8H,1-2H3,(H,17,19). The molecule has 22 heavy (non-hydrogen) atoms. The molecule has 0 aromatic heterocycles. The average Bonchev–Trinajstić information content (AvgIpc) is 2.51. The van der Waals surface area contributed by atoms with Gasteiger partial charge < -0.3 is 5.32 Å². The highest BCUT2D eigenvalue weighted by atomic mass is 35.5. The van der Waals surface area contributed by atoms with Crippen LogP contribution in [0.3, 0.4) is 0 Å². The third kappa shape index (κ3) is 3.40. The summed E-state index contributed by atoms with van der Waals surface area (Å²) in [5.41, 5.74) is 1.04. The summed E-state index contributed by atoms with van der Waals surface area (Å²) in [6.07, 6.45) is 1.84. The highest BCUT2D eigenvalue weighted by molar-refractivity contribution is 7.98. The summed E-state index contributed by atoms with van der Waals surface area (Å²) in [5, 5.41) is 14.3. The van der Waals surface area contributed by atoms with E-state index in [2.05, 4.69) is 5.32 Å². The van der Waals surface area contributed by atoms with E-state index in [9.17, 15) is 14.9 Å². The average molecular weight is 337 g/mol. The fourth-order valence-corrected chi connectivity index (χ4v) is 2.53. The number of thioether (sulfide) groups is 1. The summed E-state index contributed by atoms with van der Waals surface area (Å²) >= 11 is 7.42. The van der Waals surface area contributed by atoms with Gasteiger partial charge in [0.2, 0.25) is 0 Å². The van der Waals surface area contributed by atoms with Gasteiger partial charge in [0.25, 0.3) is 11.6 Å². The molecule has 2 rings (SSSR count). The maximum absolute atomic E-state index is 12.4. The summed E-state index contributed by atoms with van der Waals surface area (Å²) in [4.78, 5) is 23.7. The van der Waals surface area contributed by atoms with E-state index in [4.69, 9.17) is 11.6 Å². The van der Waals surface area contributed by atoms with E-state index in [0.717, 1.165) is 4.90 Å². The number of nitrogens with one attached hydrogen (secondary N) is 1. The van der Waals surface area contributed by atoms with Crippen molar-refractivity contribution in [2.24, 2.45) is 0 Å². The van der Waals surface area contributed by atoms with E-state index in [1.54, 1.807) is 31.2 Å². The van der Waals surface area contributed by atoms with Gasteiger partial charge in [0.05, 0.1) is 4.92 Å². The highest BCUT2D eigenvalue weighted by Crippen LogP contribution is 2.27. The van der Waals surface area contributed by atoms with Crippen LogP contribution in [-0.2, 0) is 0 Å². The molecular weight excluding hydrogens is 324 g/mol. The van der Waals surface area contributed by atoms with E-state index in [-0.39, 0.29) is 11.3 Å². The van der Waals surface area contributed by atoms with Crippen molar-refractivity contribution in [3.63, 3.8) is 0 Å². The summed E-state index contributed by atoms with van der Waals surface area (Å²) in [5.74, 6) is -0.534. The van der Waals surface area contributed by atoms with E-state index < -0.39 is 10.8 Å². The van der Waals surface area contributed by atoms with E-state index in [1.165, 1.54) is 23.9 Å². The van der Waals surface area contributed by atoms with E-state index >= 15 is 0 Å². The predicted octanol–water partition coefficient (Wildman–Crippen LogP) is 4.53. The van der Waals surface area contributed by atoms with Crippen molar-refractivity contribution in [1.82, 2.24) is 0 Å². The van der Waals surface area contributed by atoms with Crippen LogP contribution in [0.2, 0.25) is 5.02 Å². The molecule has 0 unspecified atom stereocenters. The lowest BCUT2D eigenvalue weighted by atomic mass is 10.1. The molecular formula is C15H13ClN2O3S. The maximum atomic E-state index is 12.4. The van der Waals surface area contributed by atoms with Crippen molar-refractivity contribution in [2.75, 3.05) is 11.6 Å². The number of carbonyl (C=O) groups excluding carboxylic acids is 1. The van der Waals surface area contributed by atoms with Crippen molar-refractivity contribution in [1.29, 1.82) is 0 Å². The van der Waals surface area contributed by atoms with E-state index in [1.807, 2.05) is 6.26 Å². The minimum Gasteiger partial charge on any atom is -0.321 e. The minimum atomic E-state index is -0.566. The molecule has 0 saturated heterocycles. The fraction of sp³-hybridized carbons (Fsp3) is 0.133. The molecule has 0 heterocycles. The Hall–Kier alpha value is -2.05. The minimum absolute atomic E-state index is 0.0243. The Balaban J connectivity index is 2.40. The lowest BCUT2D eigenvalue weighted by Gasteiger charge is -2.10. The van der Waals surface area contributed by atoms with Gasteiger partial charge in [-0.25, -0.2) is 0 Å². The molecule has 7 heteroatoms. The number of nitrogens with zero attached hydrogens (tertiary/aromatic N) is 1. The molecule has 0 aliphatic carbocycles. The van der Waals surface area contributed by atoms with Gasteiger partial charge in [-0.15, -0.1) is 11.8 Å². The fourth-order valence-electron chi connectivity index (χ4n) is 1.92. The first-order valence-electron chi connectivity index (χ1n) is 6.33. The SMILES string of the molecule is CSc1ccc([N+](=O)[O-])c(C(=O)Nc2cccc(Cl)c2C)c1. The first-order valence-corrected chi connectivity index (χ1v) is 7.93. The number of halogens is 1. The van der Waals surface area contributed by atoms with Crippen LogP contribution in [0.4, 0.5) is 11.4 Å². The molecule has 2 aromatic carbocycles. The number of nitro benzene ring substituents is 1. The smallest absolute Gasteiger partial charge is 0.282 e. The molecule has 0 radical (unpaired) electrons. The number of rotatable bonds is 4. The van der Waals surface area contributed by atoms with E-state index in [0.29, 0.717) is 16.3 Å². The van der Waals surface area contributed by atoms with Gasteiger partial charge in [0.15, 0.2) is 0 Å². The Morgan fingerprint density at radius 2 is 2.05 bits per heavy atom. The van der Waals surface area contributed by atoms with Crippen LogP contribution >= 0.6 is 23.4 Å². The van der Waals surface area contributed by atoms with Crippen molar-refractivity contribution in [3.8, 4) is 0 Å². The van der Waals surface area contributed by atoms with Gasteiger partial charge in [-0.2, -0.15) is 0 Å². The summed E-state index contributed by atoms with van der Waals surface area (Å²) < 4.78 is 0. The van der Waals surface area contributed by atoms with Crippen molar-refractivity contribution < 1.29 is 9.72 Å². The van der Waals surface area contributed by atoms with Crippen LogP contribution in [0, 0.1) is 17.0 Å². The number of benzene rings is 2. The second kappa shape index (κ2) is 6.81. The van der Waals surface area contributed by atoms with Crippen LogP contribution in [0.1, 0.15) is 15.9 Å². The molecule has 0 aliphatic heterocycles. The molecule has 114 valence electrons. The second-order valence-electron chi connectivity index (χ2n) is 4.51. The largest absolute Gasteiger partial charge is 0.321 e.